The molecular weight excluding hydrogens is 505 g/mol. The molecule has 1 aromatic rings. The number of hydrogen-bond acceptors (Lipinski definition) is 5. The van der Waals surface area contributed by atoms with Crippen LogP contribution in [0.3, 0.4) is 0 Å². The Labute approximate surface area is 191 Å². The highest BCUT2D eigenvalue weighted by atomic mass is 127. The number of guanidine groups is 1. The second-order valence-corrected chi connectivity index (χ2v) is 9.99. The van der Waals surface area contributed by atoms with Crippen LogP contribution in [-0.2, 0) is 23.6 Å². The van der Waals surface area contributed by atoms with E-state index in [0.717, 1.165) is 43.3 Å². The van der Waals surface area contributed by atoms with E-state index < -0.39 is 10.0 Å². The first-order chi connectivity index (χ1) is 13.4. The maximum Gasteiger partial charge on any atom is 0.213 e. The van der Waals surface area contributed by atoms with Crippen LogP contribution in [0.1, 0.15) is 57.1 Å². The molecule has 1 saturated carbocycles. The van der Waals surface area contributed by atoms with Crippen molar-refractivity contribution in [3.63, 3.8) is 0 Å². The minimum atomic E-state index is -3.10. The van der Waals surface area contributed by atoms with Crippen LogP contribution < -0.4 is 10.6 Å². The van der Waals surface area contributed by atoms with E-state index in [9.17, 15) is 8.42 Å². The highest BCUT2D eigenvalue weighted by Crippen LogP contribution is 2.18. The Balaban J connectivity index is 0.00000300. The zero-order valence-corrected chi connectivity index (χ0v) is 20.7. The van der Waals surface area contributed by atoms with Gasteiger partial charge in [0.1, 0.15) is 12.4 Å². The standard InChI is InChI=1S/C18H33N7O2S.HI/c1-4-28(26,27)25-11-9-16(10-12-25)21-18(20-15-7-5-6-8-15)19-13-17-23-22-14(2)24(17)3;/h15-16H,4-13H2,1-3H3,(H2,19,20,21);1H. The predicted molar refractivity (Wildman–Crippen MR) is 125 cm³/mol. The van der Waals surface area contributed by atoms with Gasteiger partial charge in [-0.1, -0.05) is 12.8 Å². The van der Waals surface area contributed by atoms with Crippen LogP contribution in [0.2, 0.25) is 0 Å². The average Bonchev–Trinajstić information content (AvgIpc) is 3.31. The van der Waals surface area contributed by atoms with E-state index in [1.54, 1.807) is 11.2 Å². The van der Waals surface area contributed by atoms with Crippen LogP contribution in [0.25, 0.3) is 0 Å². The molecule has 0 aromatic carbocycles. The third-order valence-corrected chi connectivity index (χ3v) is 7.69. The number of rotatable bonds is 6. The fourth-order valence-electron chi connectivity index (χ4n) is 3.79. The van der Waals surface area contributed by atoms with Crippen molar-refractivity contribution >= 4 is 40.0 Å². The average molecular weight is 539 g/mol. The Morgan fingerprint density at radius 1 is 1.10 bits per heavy atom. The lowest BCUT2D eigenvalue weighted by Gasteiger charge is -2.32. The molecule has 2 N–H and O–H groups in total. The number of nitrogens with one attached hydrogen (secondary N) is 2. The van der Waals surface area contributed by atoms with E-state index in [1.165, 1.54) is 12.8 Å². The number of aromatic nitrogens is 3. The summed E-state index contributed by atoms with van der Waals surface area (Å²) in [5.41, 5.74) is 0. The van der Waals surface area contributed by atoms with Crippen LogP contribution in [0.4, 0.5) is 0 Å². The van der Waals surface area contributed by atoms with Crippen molar-refractivity contribution in [2.45, 2.75) is 71.0 Å². The molecule has 1 aromatic heterocycles. The molecule has 2 aliphatic rings. The van der Waals surface area contributed by atoms with Gasteiger partial charge in [0.15, 0.2) is 11.8 Å². The van der Waals surface area contributed by atoms with Crippen LogP contribution in [0.15, 0.2) is 4.99 Å². The van der Waals surface area contributed by atoms with Gasteiger partial charge in [0, 0.05) is 32.2 Å². The molecule has 0 bridgehead atoms. The fraction of sp³-hybridized carbons (Fsp3) is 0.833. The van der Waals surface area contributed by atoms with Crippen LogP contribution in [0, 0.1) is 6.92 Å². The highest BCUT2D eigenvalue weighted by molar-refractivity contribution is 14.0. The zero-order chi connectivity index (χ0) is 20.1. The first-order valence-corrected chi connectivity index (χ1v) is 11.9. The Morgan fingerprint density at radius 2 is 1.69 bits per heavy atom. The van der Waals surface area contributed by atoms with E-state index in [4.69, 9.17) is 4.99 Å². The van der Waals surface area contributed by atoms with Crippen molar-refractivity contribution in [3.05, 3.63) is 11.6 Å². The molecule has 1 aliphatic heterocycles. The predicted octanol–water partition coefficient (Wildman–Crippen LogP) is 1.53. The van der Waals surface area contributed by atoms with Crippen molar-refractivity contribution in [2.24, 2.45) is 12.0 Å². The van der Waals surface area contributed by atoms with Gasteiger partial charge in [0.05, 0.1) is 5.75 Å². The summed E-state index contributed by atoms with van der Waals surface area (Å²) in [6.07, 6.45) is 6.40. The molecule has 1 aliphatic carbocycles. The quantitative estimate of drug-likeness (QED) is 0.323. The van der Waals surface area contributed by atoms with Gasteiger partial charge < -0.3 is 15.2 Å². The van der Waals surface area contributed by atoms with Gasteiger partial charge in [-0.05, 0) is 39.5 Å². The second-order valence-electron chi connectivity index (χ2n) is 7.73. The lowest BCUT2D eigenvalue weighted by molar-refractivity contribution is 0.306. The molecule has 2 heterocycles. The summed E-state index contributed by atoms with van der Waals surface area (Å²) in [6, 6.07) is 0.672. The van der Waals surface area contributed by atoms with Gasteiger partial charge >= 0.3 is 0 Å². The minimum absolute atomic E-state index is 0. The number of nitrogens with zero attached hydrogens (tertiary/aromatic N) is 5. The molecule has 0 spiro atoms. The maximum atomic E-state index is 12.1. The third kappa shape index (κ3) is 6.51. The van der Waals surface area contributed by atoms with E-state index in [-0.39, 0.29) is 35.8 Å². The van der Waals surface area contributed by atoms with Crippen LogP contribution in [0.5, 0.6) is 0 Å². The Bertz CT molecular complexity index is 782. The minimum Gasteiger partial charge on any atom is -0.354 e. The summed E-state index contributed by atoms with van der Waals surface area (Å²) in [5.74, 6) is 2.66. The smallest absolute Gasteiger partial charge is 0.213 e. The van der Waals surface area contributed by atoms with Gasteiger partial charge in [0.2, 0.25) is 10.0 Å². The lowest BCUT2D eigenvalue weighted by Crippen LogP contribution is -2.51. The molecule has 0 radical (unpaired) electrons. The second kappa shape index (κ2) is 10.9. The van der Waals surface area contributed by atoms with Crippen LogP contribution in [-0.4, -0.2) is 64.4 Å². The molecule has 11 heteroatoms. The van der Waals surface area contributed by atoms with Crippen molar-refractivity contribution < 1.29 is 8.42 Å². The molecule has 9 nitrogen and oxygen atoms in total. The SMILES string of the molecule is CCS(=O)(=O)N1CCC(NC(=NCc2nnc(C)n2C)NC2CCCC2)CC1.I. The third-order valence-electron chi connectivity index (χ3n) is 5.81. The number of halogens is 1. The summed E-state index contributed by atoms with van der Waals surface area (Å²) >= 11 is 0. The van der Waals surface area contributed by atoms with E-state index in [2.05, 4.69) is 20.8 Å². The van der Waals surface area contributed by atoms with Crippen molar-refractivity contribution in [2.75, 3.05) is 18.8 Å². The highest BCUT2D eigenvalue weighted by Gasteiger charge is 2.27. The van der Waals surface area contributed by atoms with Gasteiger partial charge in [-0.3, -0.25) is 0 Å². The normalized spacial score (nSPS) is 19.9. The number of sulfonamides is 1. The molecule has 0 atom stereocenters. The van der Waals surface area contributed by atoms with E-state index >= 15 is 0 Å². The summed E-state index contributed by atoms with van der Waals surface area (Å²) in [6.45, 7) is 5.21. The van der Waals surface area contributed by atoms with Gasteiger partial charge in [-0.25, -0.2) is 17.7 Å². The number of aryl methyl sites for hydroxylation is 1. The summed E-state index contributed by atoms with van der Waals surface area (Å²) in [5, 5.41) is 15.4. The fourth-order valence-corrected chi connectivity index (χ4v) is 4.92. The van der Waals surface area contributed by atoms with E-state index in [0.29, 0.717) is 25.7 Å². The first kappa shape index (κ1) is 24.3. The van der Waals surface area contributed by atoms with E-state index in [1.807, 2.05) is 18.5 Å². The van der Waals surface area contributed by atoms with Crippen molar-refractivity contribution in [3.8, 4) is 0 Å². The molecule has 166 valence electrons. The summed E-state index contributed by atoms with van der Waals surface area (Å²) in [4.78, 5) is 4.75. The molecule has 0 unspecified atom stereocenters. The molecule has 0 amide bonds. The Kier molecular flexibility index (Phi) is 9.14. The van der Waals surface area contributed by atoms with Gasteiger partial charge in [-0.15, -0.1) is 34.2 Å². The first-order valence-electron chi connectivity index (χ1n) is 10.3. The number of hydrogen-bond donors (Lipinski definition) is 2. The molecule has 3 rings (SSSR count). The molecule has 29 heavy (non-hydrogen) atoms. The van der Waals surface area contributed by atoms with Gasteiger partial charge in [-0.2, -0.15) is 0 Å². The Hall–Kier alpha value is -0.950. The van der Waals surface area contributed by atoms with Gasteiger partial charge in [0.25, 0.3) is 0 Å². The molecular formula is C18H34IN7O2S. The molecule has 1 saturated heterocycles. The maximum absolute atomic E-state index is 12.1. The van der Waals surface area contributed by atoms with Crippen molar-refractivity contribution in [1.29, 1.82) is 0 Å². The van der Waals surface area contributed by atoms with Crippen molar-refractivity contribution in [1.82, 2.24) is 29.7 Å². The monoisotopic (exact) mass is 539 g/mol. The Morgan fingerprint density at radius 3 is 2.21 bits per heavy atom. The number of piperidine rings is 1. The summed E-state index contributed by atoms with van der Waals surface area (Å²) < 4.78 is 27.7. The summed E-state index contributed by atoms with van der Waals surface area (Å²) in [7, 11) is -1.15. The zero-order valence-electron chi connectivity index (χ0n) is 17.6. The topological polar surface area (TPSA) is 105 Å². The lowest BCUT2D eigenvalue weighted by atomic mass is 10.1. The molecule has 2 fully saturated rings. The number of aliphatic imine (C=N–C) groups is 1. The largest absolute Gasteiger partial charge is 0.354 e. The van der Waals surface area contributed by atoms with Crippen LogP contribution >= 0.6 is 24.0 Å².